The second-order valence-electron chi connectivity index (χ2n) is 2.70. The summed E-state index contributed by atoms with van der Waals surface area (Å²) < 4.78 is 1.05. The minimum atomic E-state index is 0.973. The van der Waals surface area contributed by atoms with Gasteiger partial charge in [-0.3, -0.25) is 0 Å². The number of rotatable bonds is 1. The summed E-state index contributed by atoms with van der Waals surface area (Å²) in [6, 6.07) is 3.98. The van der Waals surface area contributed by atoms with E-state index in [2.05, 4.69) is 21.1 Å². The highest BCUT2D eigenvalue weighted by Crippen LogP contribution is 2.18. The van der Waals surface area contributed by atoms with Crippen LogP contribution in [0.3, 0.4) is 0 Å². The van der Waals surface area contributed by atoms with Crippen molar-refractivity contribution in [3.63, 3.8) is 0 Å². The predicted molar refractivity (Wildman–Crippen MR) is 53.0 cm³/mol. The van der Waals surface area contributed by atoms with Gasteiger partial charge in [-0.15, -0.1) is 0 Å². The number of oxime groups is 1. The predicted octanol–water partition coefficient (Wildman–Crippen LogP) is 2.87. The van der Waals surface area contributed by atoms with Crippen molar-refractivity contribution in [2.24, 2.45) is 5.16 Å². The lowest BCUT2D eigenvalue weighted by Gasteiger charge is -2.04. The third kappa shape index (κ3) is 1.85. The summed E-state index contributed by atoms with van der Waals surface area (Å²) in [6.07, 6.45) is 1.46. The van der Waals surface area contributed by atoms with E-state index >= 15 is 0 Å². The van der Waals surface area contributed by atoms with Crippen LogP contribution in [0.25, 0.3) is 0 Å². The molecule has 0 aliphatic rings. The van der Waals surface area contributed by atoms with E-state index in [9.17, 15) is 0 Å². The molecule has 0 amide bonds. The molecule has 0 aromatic heterocycles. The van der Waals surface area contributed by atoms with Gasteiger partial charge in [-0.05, 0) is 37.1 Å². The molecular formula is C9H10BrNO. The molecule has 12 heavy (non-hydrogen) atoms. The first-order valence-corrected chi connectivity index (χ1v) is 4.38. The second-order valence-corrected chi connectivity index (χ2v) is 3.61. The summed E-state index contributed by atoms with van der Waals surface area (Å²) in [5.41, 5.74) is 3.17. The van der Waals surface area contributed by atoms with Crippen molar-refractivity contribution in [1.82, 2.24) is 0 Å². The number of nitrogens with zero attached hydrogens (tertiary/aromatic N) is 1. The summed E-state index contributed by atoms with van der Waals surface area (Å²) in [7, 11) is 0. The Labute approximate surface area is 80.0 Å². The molecule has 0 aliphatic heterocycles. The van der Waals surface area contributed by atoms with Crippen molar-refractivity contribution in [3.05, 3.63) is 33.3 Å². The second kappa shape index (κ2) is 3.72. The van der Waals surface area contributed by atoms with Crippen LogP contribution in [0.2, 0.25) is 0 Å². The van der Waals surface area contributed by atoms with Crippen LogP contribution in [0.15, 0.2) is 21.8 Å². The third-order valence-corrected chi connectivity index (χ3v) is 2.20. The maximum Gasteiger partial charge on any atom is 0.0739 e. The van der Waals surface area contributed by atoms with Crippen LogP contribution in [0.1, 0.15) is 16.7 Å². The zero-order valence-corrected chi connectivity index (χ0v) is 8.59. The molecule has 0 spiro atoms. The lowest BCUT2D eigenvalue weighted by Crippen LogP contribution is -1.91. The van der Waals surface area contributed by atoms with Gasteiger partial charge in [0, 0.05) is 10.0 Å². The Kier molecular flexibility index (Phi) is 2.87. The highest BCUT2D eigenvalue weighted by atomic mass is 79.9. The molecule has 0 saturated carbocycles. The van der Waals surface area contributed by atoms with Crippen molar-refractivity contribution in [2.45, 2.75) is 13.8 Å². The van der Waals surface area contributed by atoms with Gasteiger partial charge in [-0.2, -0.15) is 0 Å². The number of halogens is 1. The molecule has 0 radical (unpaired) electrons. The SMILES string of the molecule is Cc1cc(Br)cc(C)c1/C=N/O. The molecule has 0 unspecified atom stereocenters. The Morgan fingerprint density at radius 2 is 1.83 bits per heavy atom. The molecule has 0 atom stereocenters. The Balaban J connectivity index is 3.28. The average molecular weight is 228 g/mol. The van der Waals surface area contributed by atoms with E-state index in [1.807, 2.05) is 26.0 Å². The van der Waals surface area contributed by atoms with Crippen LogP contribution < -0.4 is 0 Å². The van der Waals surface area contributed by atoms with Crippen LogP contribution in [0, 0.1) is 13.8 Å². The van der Waals surface area contributed by atoms with Crippen LogP contribution in [0.4, 0.5) is 0 Å². The molecule has 1 rings (SSSR count). The number of aryl methyl sites for hydroxylation is 2. The fourth-order valence-electron chi connectivity index (χ4n) is 1.18. The van der Waals surface area contributed by atoms with Gasteiger partial charge in [0.1, 0.15) is 0 Å². The molecule has 0 aliphatic carbocycles. The third-order valence-electron chi connectivity index (χ3n) is 1.75. The number of benzene rings is 1. The molecular weight excluding hydrogens is 218 g/mol. The first-order valence-electron chi connectivity index (χ1n) is 3.59. The van der Waals surface area contributed by atoms with E-state index in [0.29, 0.717) is 0 Å². The van der Waals surface area contributed by atoms with E-state index in [-0.39, 0.29) is 0 Å². The van der Waals surface area contributed by atoms with Crippen molar-refractivity contribution < 1.29 is 5.21 Å². The topological polar surface area (TPSA) is 32.6 Å². The van der Waals surface area contributed by atoms with Gasteiger partial charge in [-0.1, -0.05) is 21.1 Å². The number of hydrogen-bond acceptors (Lipinski definition) is 2. The minimum Gasteiger partial charge on any atom is -0.411 e. The van der Waals surface area contributed by atoms with Crippen LogP contribution in [-0.2, 0) is 0 Å². The summed E-state index contributed by atoms with van der Waals surface area (Å²) >= 11 is 3.39. The highest BCUT2D eigenvalue weighted by Gasteiger charge is 2.00. The van der Waals surface area contributed by atoms with Gasteiger partial charge in [0.05, 0.1) is 6.21 Å². The van der Waals surface area contributed by atoms with E-state index in [0.717, 1.165) is 21.2 Å². The summed E-state index contributed by atoms with van der Waals surface area (Å²) in [5, 5.41) is 11.4. The standard InChI is InChI=1S/C9H10BrNO/c1-6-3-8(10)4-7(2)9(6)5-11-12/h3-5,12H,1-2H3/b11-5+. The van der Waals surface area contributed by atoms with Crippen molar-refractivity contribution in [3.8, 4) is 0 Å². The Hall–Kier alpha value is -0.830. The Bertz CT molecular complexity index is 297. The zero-order chi connectivity index (χ0) is 9.14. The molecule has 0 heterocycles. The first kappa shape index (κ1) is 9.26. The Morgan fingerprint density at radius 1 is 1.33 bits per heavy atom. The molecule has 64 valence electrons. The summed E-state index contributed by atoms with van der Waals surface area (Å²) in [5.74, 6) is 0. The van der Waals surface area contributed by atoms with Gasteiger partial charge >= 0.3 is 0 Å². The monoisotopic (exact) mass is 227 g/mol. The highest BCUT2D eigenvalue weighted by molar-refractivity contribution is 9.10. The minimum absolute atomic E-state index is 0.973. The van der Waals surface area contributed by atoms with Crippen molar-refractivity contribution >= 4 is 22.1 Å². The van der Waals surface area contributed by atoms with E-state index in [1.54, 1.807) is 0 Å². The van der Waals surface area contributed by atoms with Crippen LogP contribution >= 0.6 is 15.9 Å². The van der Waals surface area contributed by atoms with Gasteiger partial charge in [0.2, 0.25) is 0 Å². The fraction of sp³-hybridized carbons (Fsp3) is 0.222. The van der Waals surface area contributed by atoms with Crippen LogP contribution in [0.5, 0.6) is 0 Å². The number of hydrogen-bond donors (Lipinski definition) is 1. The zero-order valence-electron chi connectivity index (χ0n) is 7.00. The van der Waals surface area contributed by atoms with Gasteiger partial charge in [-0.25, -0.2) is 0 Å². The molecule has 1 N–H and O–H groups in total. The maximum atomic E-state index is 8.40. The van der Waals surface area contributed by atoms with Crippen molar-refractivity contribution in [2.75, 3.05) is 0 Å². The molecule has 0 fully saturated rings. The van der Waals surface area contributed by atoms with Gasteiger partial charge < -0.3 is 5.21 Å². The maximum absolute atomic E-state index is 8.40. The smallest absolute Gasteiger partial charge is 0.0739 e. The van der Waals surface area contributed by atoms with Crippen LogP contribution in [-0.4, -0.2) is 11.4 Å². The fourth-order valence-corrected chi connectivity index (χ4v) is 1.87. The van der Waals surface area contributed by atoms with Crippen molar-refractivity contribution in [1.29, 1.82) is 0 Å². The molecule has 0 saturated heterocycles. The summed E-state index contributed by atoms with van der Waals surface area (Å²) in [4.78, 5) is 0. The van der Waals surface area contributed by atoms with Gasteiger partial charge in [0.15, 0.2) is 0 Å². The first-order chi connectivity index (χ1) is 5.65. The lowest BCUT2D eigenvalue weighted by molar-refractivity contribution is 0.322. The lowest BCUT2D eigenvalue weighted by atomic mass is 10.0. The largest absolute Gasteiger partial charge is 0.411 e. The summed E-state index contributed by atoms with van der Waals surface area (Å²) in [6.45, 7) is 3.96. The van der Waals surface area contributed by atoms with Gasteiger partial charge in [0.25, 0.3) is 0 Å². The molecule has 3 heteroatoms. The van der Waals surface area contributed by atoms with E-state index in [4.69, 9.17) is 5.21 Å². The Morgan fingerprint density at radius 3 is 2.25 bits per heavy atom. The normalized spacial score (nSPS) is 10.9. The molecule has 2 nitrogen and oxygen atoms in total. The molecule has 0 bridgehead atoms. The molecule has 1 aromatic carbocycles. The quantitative estimate of drug-likeness (QED) is 0.447. The molecule has 1 aromatic rings. The average Bonchev–Trinajstić information content (AvgIpc) is 1.96. The van der Waals surface area contributed by atoms with E-state index < -0.39 is 0 Å². The van der Waals surface area contributed by atoms with E-state index in [1.165, 1.54) is 6.21 Å².